The van der Waals surface area contributed by atoms with Gasteiger partial charge in [-0.1, -0.05) is 24.3 Å². The minimum atomic E-state index is -0.786. The molecule has 0 heterocycles. The van der Waals surface area contributed by atoms with E-state index in [0.29, 0.717) is 0 Å². The van der Waals surface area contributed by atoms with Gasteiger partial charge in [0.25, 0.3) is 0 Å². The van der Waals surface area contributed by atoms with Gasteiger partial charge in [-0.25, -0.2) is 0 Å². The smallest absolute Gasteiger partial charge is 0.310 e. The van der Waals surface area contributed by atoms with Gasteiger partial charge < -0.3 is 10.4 Å². The lowest BCUT2D eigenvalue weighted by molar-refractivity contribution is -0.138. The zero-order chi connectivity index (χ0) is 10.6. The highest BCUT2D eigenvalue weighted by Crippen LogP contribution is 2.15. The molecule has 0 radical (unpaired) electrons. The number of benzene rings is 1. The third kappa shape index (κ3) is 2.57. The topological polar surface area (TPSA) is 49.3 Å². The van der Waals surface area contributed by atoms with Crippen LogP contribution in [-0.4, -0.2) is 18.1 Å². The molecule has 0 saturated heterocycles. The molecule has 1 atom stereocenters. The summed E-state index contributed by atoms with van der Waals surface area (Å²) in [6, 6.07) is 7.63. The van der Waals surface area contributed by atoms with Crippen LogP contribution in [0.4, 0.5) is 0 Å². The van der Waals surface area contributed by atoms with Crippen molar-refractivity contribution in [1.29, 1.82) is 0 Å². The van der Waals surface area contributed by atoms with Crippen molar-refractivity contribution < 1.29 is 9.90 Å². The maximum absolute atomic E-state index is 10.7. The third-order valence-corrected chi connectivity index (χ3v) is 2.23. The number of carbonyl (C=O) groups is 1. The molecule has 1 unspecified atom stereocenters. The molecule has 0 aliphatic heterocycles. The lowest BCUT2D eigenvalue weighted by atomic mass is 10.0. The molecule has 1 aromatic carbocycles. The van der Waals surface area contributed by atoms with E-state index >= 15 is 0 Å². The van der Waals surface area contributed by atoms with Crippen LogP contribution >= 0.6 is 0 Å². The Bertz CT molecular complexity index is 306. The Morgan fingerprint density at radius 3 is 2.43 bits per heavy atom. The van der Waals surface area contributed by atoms with E-state index in [1.165, 1.54) is 0 Å². The molecular formula is C11H15NO2. The van der Waals surface area contributed by atoms with E-state index in [0.717, 1.165) is 17.7 Å². The van der Waals surface area contributed by atoms with Gasteiger partial charge in [-0.2, -0.15) is 0 Å². The minimum Gasteiger partial charge on any atom is -0.481 e. The summed E-state index contributed by atoms with van der Waals surface area (Å²) in [4.78, 5) is 10.7. The van der Waals surface area contributed by atoms with Crippen molar-refractivity contribution in [2.24, 2.45) is 0 Å². The number of carboxylic acid groups (broad SMARTS) is 1. The molecule has 0 spiro atoms. The second kappa shape index (κ2) is 4.77. The van der Waals surface area contributed by atoms with Crippen LogP contribution in [0.3, 0.4) is 0 Å². The maximum atomic E-state index is 10.7. The van der Waals surface area contributed by atoms with Gasteiger partial charge in [0, 0.05) is 6.54 Å². The zero-order valence-corrected chi connectivity index (χ0v) is 8.45. The van der Waals surface area contributed by atoms with Crippen molar-refractivity contribution in [1.82, 2.24) is 5.32 Å². The number of rotatable bonds is 4. The van der Waals surface area contributed by atoms with Crippen molar-refractivity contribution in [3.63, 3.8) is 0 Å². The molecule has 0 fully saturated rings. The van der Waals surface area contributed by atoms with Gasteiger partial charge in [0.1, 0.15) is 0 Å². The molecule has 0 aliphatic rings. The maximum Gasteiger partial charge on any atom is 0.310 e. The number of hydrogen-bond donors (Lipinski definition) is 2. The van der Waals surface area contributed by atoms with E-state index in [1.807, 2.05) is 31.3 Å². The zero-order valence-electron chi connectivity index (χ0n) is 8.45. The average molecular weight is 193 g/mol. The molecule has 0 bridgehead atoms. The van der Waals surface area contributed by atoms with Crippen LogP contribution in [0.1, 0.15) is 24.0 Å². The van der Waals surface area contributed by atoms with E-state index in [2.05, 4.69) is 5.32 Å². The summed E-state index contributed by atoms with van der Waals surface area (Å²) in [5.74, 6) is -1.22. The van der Waals surface area contributed by atoms with Crippen LogP contribution in [0.15, 0.2) is 24.3 Å². The normalized spacial score (nSPS) is 12.4. The monoisotopic (exact) mass is 193 g/mol. The highest BCUT2D eigenvalue weighted by Gasteiger charge is 2.12. The van der Waals surface area contributed by atoms with Crippen molar-refractivity contribution in [3.05, 3.63) is 35.4 Å². The molecule has 0 amide bonds. The summed E-state index contributed by atoms with van der Waals surface area (Å²) < 4.78 is 0. The predicted octanol–water partition coefficient (Wildman–Crippen LogP) is 1.59. The molecule has 76 valence electrons. The summed E-state index contributed by atoms with van der Waals surface area (Å²) >= 11 is 0. The number of hydrogen-bond acceptors (Lipinski definition) is 2. The first-order valence-corrected chi connectivity index (χ1v) is 4.61. The van der Waals surface area contributed by atoms with E-state index in [-0.39, 0.29) is 0 Å². The Morgan fingerprint density at radius 1 is 1.43 bits per heavy atom. The summed E-state index contributed by atoms with van der Waals surface area (Å²) in [6.45, 7) is 2.50. The lowest BCUT2D eigenvalue weighted by Gasteiger charge is -2.07. The van der Waals surface area contributed by atoms with Crippen LogP contribution in [0.25, 0.3) is 0 Å². The van der Waals surface area contributed by atoms with Gasteiger partial charge in [0.05, 0.1) is 5.92 Å². The highest BCUT2D eigenvalue weighted by molar-refractivity contribution is 5.75. The molecule has 1 rings (SSSR count). The van der Waals surface area contributed by atoms with Crippen molar-refractivity contribution in [3.8, 4) is 0 Å². The van der Waals surface area contributed by atoms with Crippen molar-refractivity contribution in [2.45, 2.75) is 19.4 Å². The first-order valence-electron chi connectivity index (χ1n) is 4.61. The van der Waals surface area contributed by atoms with Gasteiger partial charge in [-0.15, -0.1) is 0 Å². The van der Waals surface area contributed by atoms with E-state index in [9.17, 15) is 4.79 Å². The molecule has 2 N–H and O–H groups in total. The van der Waals surface area contributed by atoms with Crippen LogP contribution in [0.2, 0.25) is 0 Å². The molecule has 0 saturated carbocycles. The first-order chi connectivity index (χ1) is 6.65. The van der Waals surface area contributed by atoms with Crippen LogP contribution in [0, 0.1) is 0 Å². The second-order valence-corrected chi connectivity index (χ2v) is 3.33. The molecule has 1 aromatic rings. The van der Waals surface area contributed by atoms with Gasteiger partial charge in [-0.3, -0.25) is 4.79 Å². The SMILES string of the molecule is CNCc1ccc(C(C)C(=O)O)cc1. The Morgan fingerprint density at radius 2 is 2.00 bits per heavy atom. The van der Waals surface area contributed by atoms with Crippen LogP contribution in [-0.2, 0) is 11.3 Å². The Hall–Kier alpha value is -1.35. The Labute approximate surface area is 83.8 Å². The van der Waals surface area contributed by atoms with Gasteiger partial charge in [0.2, 0.25) is 0 Å². The van der Waals surface area contributed by atoms with Crippen molar-refractivity contribution >= 4 is 5.97 Å². The fraction of sp³-hybridized carbons (Fsp3) is 0.364. The highest BCUT2D eigenvalue weighted by atomic mass is 16.4. The fourth-order valence-electron chi connectivity index (χ4n) is 1.27. The summed E-state index contributed by atoms with van der Waals surface area (Å²) in [5, 5.41) is 11.8. The van der Waals surface area contributed by atoms with Gasteiger partial charge >= 0.3 is 5.97 Å². The second-order valence-electron chi connectivity index (χ2n) is 3.33. The van der Waals surface area contributed by atoms with E-state index in [4.69, 9.17) is 5.11 Å². The van der Waals surface area contributed by atoms with Crippen molar-refractivity contribution in [2.75, 3.05) is 7.05 Å². The minimum absolute atomic E-state index is 0.432. The number of nitrogens with one attached hydrogen (secondary N) is 1. The summed E-state index contributed by atoms with van der Waals surface area (Å²) in [6.07, 6.45) is 0. The first kappa shape index (κ1) is 10.7. The quantitative estimate of drug-likeness (QED) is 0.763. The van der Waals surface area contributed by atoms with Crippen LogP contribution in [0.5, 0.6) is 0 Å². The van der Waals surface area contributed by atoms with E-state index in [1.54, 1.807) is 6.92 Å². The summed E-state index contributed by atoms with van der Waals surface area (Å²) in [7, 11) is 1.88. The van der Waals surface area contributed by atoms with Gasteiger partial charge in [-0.05, 0) is 25.1 Å². The molecule has 0 aromatic heterocycles. The van der Waals surface area contributed by atoms with E-state index < -0.39 is 11.9 Å². The summed E-state index contributed by atoms with van der Waals surface area (Å²) in [5.41, 5.74) is 2.01. The number of aliphatic carboxylic acids is 1. The van der Waals surface area contributed by atoms with Crippen LogP contribution < -0.4 is 5.32 Å². The third-order valence-electron chi connectivity index (χ3n) is 2.23. The standard InChI is InChI=1S/C11H15NO2/c1-8(11(13)14)10-5-3-9(4-6-10)7-12-2/h3-6,8,12H,7H2,1-2H3,(H,13,14). The average Bonchev–Trinajstić information content (AvgIpc) is 2.18. The molecule has 3 heteroatoms. The largest absolute Gasteiger partial charge is 0.481 e. The lowest BCUT2D eigenvalue weighted by Crippen LogP contribution is -2.08. The van der Waals surface area contributed by atoms with Gasteiger partial charge in [0.15, 0.2) is 0 Å². The molecule has 14 heavy (non-hydrogen) atoms. The number of carboxylic acids is 1. The Balaban J connectivity index is 2.77. The predicted molar refractivity (Wildman–Crippen MR) is 55.3 cm³/mol. The molecule has 3 nitrogen and oxygen atoms in total. The molecular weight excluding hydrogens is 178 g/mol. The fourth-order valence-corrected chi connectivity index (χ4v) is 1.27. The Kier molecular flexibility index (Phi) is 3.65. The molecule has 0 aliphatic carbocycles.